The molecule has 0 saturated heterocycles. The molecule has 0 bridgehead atoms. The topological polar surface area (TPSA) is 17.1 Å². The summed E-state index contributed by atoms with van der Waals surface area (Å²) in [6.07, 6.45) is 1.84. The maximum Gasteiger partial charge on any atom is 0.189 e. The third-order valence-corrected chi connectivity index (χ3v) is 2.95. The van der Waals surface area contributed by atoms with E-state index >= 15 is 0 Å². The molecule has 1 aliphatic carbocycles. The van der Waals surface area contributed by atoms with Gasteiger partial charge in [-0.3, -0.25) is 4.79 Å². The minimum Gasteiger partial charge on any atom is -0.289 e. The fourth-order valence-corrected chi connectivity index (χ4v) is 2.18. The van der Waals surface area contributed by atoms with Crippen LogP contribution in [0.2, 0.25) is 0 Å². The van der Waals surface area contributed by atoms with Gasteiger partial charge >= 0.3 is 0 Å². The van der Waals surface area contributed by atoms with Gasteiger partial charge in [0.1, 0.15) is 0 Å². The lowest BCUT2D eigenvalue weighted by Crippen LogP contribution is -2.10. The Balaban J connectivity index is 2.54. The Morgan fingerprint density at radius 3 is 3.09 bits per heavy atom. The molecule has 0 fully saturated rings. The Morgan fingerprint density at radius 2 is 2.27 bits per heavy atom. The van der Waals surface area contributed by atoms with Gasteiger partial charge in [-0.25, -0.2) is 0 Å². The normalized spacial score (nSPS) is 16.7. The molecule has 1 nitrogen and oxygen atoms in total. The van der Waals surface area contributed by atoms with Gasteiger partial charge in [-0.05, 0) is 29.9 Å². The molecule has 11 heavy (non-hydrogen) atoms. The molecule has 0 amide bonds. The summed E-state index contributed by atoms with van der Waals surface area (Å²) in [5, 5.41) is 1.97. The highest BCUT2D eigenvalue weighted by Gasteiger charge is 2.20. The first-order chi connectivity index (χ1) is 5.29. The number of Topliss-reactive ketones (excluding diaryl/α,β-unsaturated/α-hetero) is 1. The number of allylic oxidation sites excluding steroid dienone is 1. The van der Waals surface area contributed by atoms with E-state index in [2.05, 4.69) is 6.58 Å². The van der Waals surface area contributed by atoms with Crippen LogP contribution in [0.25, 0.3) is 0 Å². The largest absolute Gasteiger partial charge is 0.289 e. The Morgan fingerprint density at radius 1 is 1.45 bits per heavy atom. The van der Waals surface area contributed by atoms with Crippen LogP contribution in [0.5, 0.6) is 0 Å². The molecule has 1 aliphatic rings. The quantitative estimate of drug-likeness (QED) is 0.538. The van der Waals surface area contributed by atoms with Crippen molar-refractivity contribution in [2.45, 2.75) is 12.8 Å². The molecule has 1 heterocycles. The number of ketones is 1. The summed E-state index contributed by atoms with van der Waals surface area (Å²) in [5.74, 6) is 0.146. The molecule has 0 atom stereocenters. The van der Waals surface area contributed by atoms with Gasteiger partial charge in [-0.15, -0.1) is 11.3 Å². The number of hydrogen-bond donors (Lipinski definition) is 0. The highest BCUT2D eigenvalue weighted by Crippen LogP contribution is 2.27. The molecule has 0 aliphatic heterocycles. The van der Waals surface area contributed by atoms with Crippen LogP contribution in [0.15, 0.2) is 23.6 Å². The van der Waals surface area contributed by atoms with Crippen molar-refractivity contribution in [1.29, 1.82) is 0 Å². The van der Waals surface area contributed by atoms with Gasteiger partial charge in [0.15, 0.2) is 5.78 Å². The zero-order valence-electron chi connectivity index (χ0n) is 6.09. The molecule has 2 heteroatoms. The number of carbonyl (C=O) groups is 1. The van der Waals surface area contributed by atoms with E-state index in [9.17, 15) is 4.79 Å². The maximum atomic E-state index is 11.4. The number of fused-ring (bicyclic) bond motifs is 1. The van der Waals surface area contributed by atoms with Crippen molar-refractivity contribution < 1.29 is 4.79 Å². The smallest absolute Gasteiger partial charge is 0.189 e. The summed E-state index contributed by atoms with van der Waals surface area (Å²) in [7, 11) is 0. The standard InChI is InChI=1S/C9H8OS/c1-6-2-3-8-7(9(6)10)4-5-11-8/h4-5H,1-3H2. The van der Waals surface area contributed by atoms with E-state index in [1.54, 1.807) is 11.3 Å². The van der Waals surface area contributed by atoms with Crippen molar-refractivity contribution in [2.75, 3.05) is 0 Å². The van der Waals surface area contributed by atoms with Crippen LogP contribution in [-0.4, -0.2) is 5.78 Å². The zero-order chi connectivity index (χ0) is 7.84. The molecule has 56 valence electrons. The third kappa shape index (κ3) is 0.942. The second-order valence-corrected chi connectivity index (χ2v) is 3.69. The van der Waals surface area contributed by atoms with Gasteiger partial charge in [-0.2, -0.15) is 0 Å². The monoisotopic (exact) mass is 164 g/mol. The van der Waals surface area contributed by atoms with E-state index in [1.165, 1.54) is 4.88 Å². The summed E-state index contributed by atoms with van der Waals surface area (Å²) in [5.41, 5.74) is 1.64. The van der Waals surface area contributed by atoms with Gasteiger partial charge in [0.2, 0.25) is 0 Å². The first-order valence-corrected chi connectivity index (χ1v) is 4.46. The number of hydrogen-bond acceptors (Lipinski definition) is 2. The number of rotatable bonds is 0. The Kier molecular flexibility index (Phi) is 1.43. The van der Waals surface area contributed by atoms with E-state index in [1.807, 2.05) is 11.4 Å². The lowest BCUT2D eigenvalue weighted by atomic mass is 9.94. The molecule has 1 aromatic heterocycles. The summed E-state index contributed by atoms with van der Waals surface area (Å²) < 4.78 is 0. The molecule has 0 radical (unpaired) electrons. The number of thiophene rings is 1. The van der Waals surface area contributed by atoms with Gasteiger partial charge in [-0.1, -0.05) is 6.58 Å². The highest BCUT2D eigenvalue weighted by molar-refractivity contribution is 7.10. The van der Waals surface area contributed by atoms with Crippen LogP contribution >= 0.6 is 11.3 Å². The molecule has 0 spiro atoms. The summed E-state index contributed by atoms with van der Waals surface area (Å²) in [4.78, 5) is 12.6. The predicted octanol–water partition coefficient (Wildman–Crippen LogP) is 2.43. The Labute approximate surface area is 69.4 Å². The van der Waals surface area contributed by atoms with Crippen molar-refractivity contribution >= 4 is 17.1 Å². The fourth-order valence-electron chi connectivity index (χ4n) is 1.30. The second-order valence-electron chi connectivity index (χ2n) is 2.69. The average molecular weight is 164 g/mol. The second kappa shape index (κ2) is 2.31. The SMILES string of the molecule is C=C1CCc2sccc2C1=O. The van der Waals surface area contributed by atoms with Crippen LogP contribution in [0.1, 0.15) is 21.7 Å². The van der Waals surface area contributed by atoms with Crippen molar-refractivity contribution in [3.05, 3.63) is 34.0 Å². The Bertz CT molecular complexity index is 322. The minimum atomic E-state index is 0.146. The van der Waals surface area contributed by atoms with Crippen LogP contribution < -0.4 is 0 Å². The first kappa shape index (κ1) is 6.80. The van der Waals surface area contributed by atoms with Crippen molar-refractivity contribution in [3.8, 4) is 0 Å². The maximum absolute atomic E-state index is 11.4. The van der Waals surface area contributed by atoms with Crippen LogP contribution in [-0.2, 0) is 6.42 Å². The predicted molar refractivity (Wildman–Crippen MR) is 46.1 cm³/mol. The summed E-state index contributed by atoms with van der Waals surface area (Å²) in [6.45, 7) is 3.73. The van der Waals surface area contributed by atoms with Crippen LogP contribution in [0, 0.1) is 0 Å². The summed E-state index contributed by atoms with van der Waals surface area (Å²) in [6, 6.07) is 1.90. The first-order valence-electron chi connectivity index (χ1n) is 3.58. The number of carbonyl (C=O) groups excluding carboxylic acids is 1. The van der Waals surface area contributed by atoms with E-state index in [0.29, 0.717) is 0 Å². The highest BCUT2D eigenvalue weighted by atomic mass is 32.1. The molecule has 0 unspecified atom stereocenters. The molecule has 0 aromatic carbocycles. The minimum absolute atomic E-state index is 0.146. The molecule has 2 rings (SSSR count). The lowest BCUT2D eigenvalue weighted by molar-refractivity contribution is 0.102. The van der Waals surface area contributed by atoms with Crippen LogP contribution in [0.4, 0.5) is 0 Å². The van der Waals surface area contributed by atoms with E-state index in [-0.39, 0.29) is 5.78 Å². The van der Waals surface area contributed by atoms with Crippen molar-refractivity contribution in [1.82, 2.24) is 0 Å². The molecular weight excluding hydrogens is 156 g/mol. The number of aryl methyl sites for hydroxylation is 1. The van der Waals surface area contributed by atoms with Crippen molar-refractivity contribution in [3.63, 3.8) is 0 Å². The van der Waals surface area contributed by atoms with E-state index in [0.717, 1.165) is 24.0 Å². The average Bonchev–Trinajstić information content (AvgIpc) is 2.45. The summed E-state index contributed by atoms with van der Waals surface area (Å²) >= 11 is 1.67. The molecule has 0 N–H and O–H groups in total. The van der Waals surface area contributed by atoms with E-state index in [4.69, 9.17) is 0 Å². The Hall–Kier alpha value is -0.890. The van der Waals surface area contributed by atoms with Gasteiger partial charge in [0.25, 0.3) is 0 Å². The third-order valence-electron chi connectivity index (χ3n) is 1.96. The molecule has 1 aromatic rings. The van der Waals surface area contributed by atoms with Gasteiger partial charge in [0, 0.05) is 10.4 Å². The molecular formula is C9H8OS. The van der Waals surface area contributed by atoms with Gasteiger partial charge < -0.3 is 0 Å². The van der Waals surface area contributed by atoms with Crippen LogP contribution in [0.3, 0.4) is 0 Å². The van der Waals surface area contributed by atoms with Crippen molar-refractivity contribution in [2.24, 2.45) is 0 Å². The lowest BCUT2D eigenvalue weighted by Gasteiger charge is -2.11. The molecule has 0 saturated carbocycles. The zero-order valence-corrected chi connectivity index (χ0v) is 6.91. The van der Waals surface area contributed by atoms with Gasteiger partial charge in [0.05, 0.1) is 0 Å². The van der Waals surface area contributed by atoms with E-state index < -0.39 is 0 Å². The fraction of sp³-hybridized carbons (Fsp3) is 0.222.